The average Bonchev–Trinajstić information content (AvgIpc) is 3.72. The predicted octanol–water partition coefficient (Wildman–Crippen LogP) is 10.5. The lowest BCUT2D eigenvalue weighted by molar-refractivity contribution is -0.158. The van der Waals surface area contributed by atoms with Gasteiger partial charge in [0.25, 0.3) is 0 Å². The van der Waals surface area contributed by atoms with Crippen LogP contribution in [0.15, 0.2) is 103 Å². The zero-order chi connectivity index (χ0) is 47.9. The number of carbonyl (C=O) groups excluding carboxylic acids is 4. The number of rotatable bonds is 8. The van der Waals surface area contributed by atoms with Crippen molar-refractivity contribution < 1.29 is 48.0 Å². The van der Waals surface area contributed by atoms with Crippen molar-refractivity contribution in [2.24, 2.45) is 0 Å². The van der Waals surface area contributed by atoms with Gasteiger partial charge in [-0.3, -0.25) is 0 Å². The number of urea groups is 1. The van der Waals surface area contributed by atoms with E-state index in [1.807, 2.05) is 74.5 Å². The molecule has 3 heterocycles. The number of hydrogen-bond donors (Lipinski definition) is 1. The van der Waals surface area contributed by atoms with E-state index in [0.29, 0.717) is 16.9 Å². The molecular weight excluding hydrogens is 843 g/mol. The molecule has 0 spiro atoms. The number of aromatic hydroxyl groups is 1. The summed E-state index contributed by atoms with van der Waals surface area (Å²) in [5.74, 6) is -1.16. The maximum Gasteiger partial charge on any atom is 0.435 e. The molecule has 350 valence electrons. The summed E-state index contributed by atoms with van der Waals surface area (Å²) < 4.78 is 31.9. The third kappa shape index (κ3) is 11.0. The Morgan fingerprint density at radius 2 is 1.21 bits per heavy atom. The molecule has 1 unspecified atom stereocenters. The number of nitrogens with zero attached hydrogens (tertiary/aromatic N) is 5. The first-order valence-electron chi connectivity index (χ1n) is 22.2. The number of imide groups is 1. The fourth-order valence-electron chi connectivity index (χ4n) is 8.31. The molecule has 1 aromatic heterocycles. The third-order valence-corrected chi connectivity index (χ3v) is 10.8. The van der Waals surface area contributed by atoms with Gasteiger partial charge in [-0.25, -0.2) is 19.2 Å². The Balaban J connectivity index is 1.43. The first kappa shape index (κ1) is 47.5. The molecule has 1 N–H and O–H groups in total. The van der Waals surface area contributed by atoms with Crippen LogP contribution in [0.2, 0.25) is 0 Å². The molecule has 2 aliphatic rings. The van der Waals surface area contributed by atoms with E-state index in [1.165, 1.54) is 0 Å². The van der Waals surface area contributed by atoms with E-state index in [-0.39, 0.29) is 41.6 Å². The largest absolute Gasteiger partial charge is 0.508 e. The molecule has 2 fully saturated rings. The van der Waals surface area contributed by atoms with Crippen molar-refractivity contribution in [3.63, 3.8) is 0 Å². The summed E-state index contributed by atoms with van der Waals surface area (Å²) in [4.78, 5) is 62.1. The molecule has 5 aromatic rings. The van der Waals surface area contributed by atoms with Gasteiger partial charge < -0.3 is 38.6 Å². The first-order chi connectivity index (χ1) is 30.9. The number of phenols is 1. The molecule has 4 amide bonds. The molecule has 0 aliphatic carbocycles. The van der Waals surface area contributed by atoms with Gasteiger partial charge in [0.2, 0.25) is 0 Å². The average molecular weight is 904 g/mol. The number of aromatic nitrogens is 2. The third-order valence-electron chi connectivity index (χ3n) is 10.8. The Hall–Kier alpha value is -6.45. The van der Waals surface area contributed by atoms with Gasteiger partial charge in [-0.1, -0.05) is 78.9 Å². The summed E-state index contributed by atoms with van der Waals surface area (Å²) in [5, 5.41) is 15.0. The van der Waals surface area contributed by atoms with E-state index in [4.69, 9.17) is 23.7 Å². The summed E-state index contributed by atoms with van der Waals surface area (Å²) in [7, 11) is 0. The van der Waals surface area contributed by atoms with Crippen molar-refractivity contribution in [2.75, 3.05) is 4.90 Å². The maximum atomic E-state index is 15.8. The second-order valence-corrected chi connectivity index (χ2v) is 20.2. The van der Waals surface area contributed by atoms with E-state index in [1.54, 1.807) is 115 Å². The summed E-state index contributed by atoms with van der Waals surface area (Å²) in [6, 6.07) is 30.0. The van der Waals surface area contributed by atoms with Crippen molar-refractivity contribution in [2.45, 2.75) is 143 Å². The lowest BCUT2D eigenvalue weighted by Gasteiger charge is -2.37. The lowest BCUT2D eigenvalue weighted by atomic mass is 9.90. The zero-order valence-electron chi connectivity index (χ0n) is 39.6. The second-order valence-electron chi connectivity index (χ2n) is 20.2. The Morgan fingerprint density at radius 3 is 1.79 bits per heavy atom. The van der Waals surface area contributed by atoms with E-state index in [0.717, 1.165) is 21.4 Å². The molecule has 4 atom stereocenters. The van der Waals surface area contributed by atoms with E-state index in [9.17, 15) is 19.5 Å². The Bertz CT molecular complexity index is 2530. The number of ether oxygens (including phenoxy) is 5. The number of benzene rings is 4. The van der Waals surface area contributed by atoms with Crippen LogP contribution in [0.3, 0.4) is 0 Å². The van der Waals surface area contributed by atoms with Crippen LogP contribution >= 0.6 is 0 Å². The van der Waals surface area contributed by atoms with Gasteiger partial charge in [0, 0.05) is 18.5 Å². The highest BCUT2D eigenvalue weighted by Crippen LogP contribution is 2.45. The van der Waals surface area contributed by atoms with Crippen LogP contribution in [0.5, 0.6) is 5.75 Å². The van der Waals surface area contributed by atoms with Crippen molar-refractivity contribution >= 4 is 41.0 Å². The normalized spacial score (nSPS) is 19.8. The summed E-state index contributed by atoms with van der Waals surface area (Å²) in [6.07, 6.45) is -3.87. The topological polar surface area (TPSA) is 162 Å². The van der Waals surface area contributed by atoms with Crippen LogP contribution in [-0.4, -0.2) is 89.8 Å². The molecule has 0 saturated carbocycles. The van der Waals surface area contributed by atoms with E-state index < -0.39 is 65.2 Å². The lowest BCUT2D eigenvalue weighted by Crippen LogP contribution is -2.50. The van der Waals surface area contributed by atoms with Crippen molar-refractivity contribution in [1.82, 2.24) is 19.6 Å². The molecule has 15 heteroatoms. The van der Waals surface area contributed by atoms with Crippen LogP contribution in [0.25, 0.3) is 10.9 Å². The fraction of sp³-hybridized carbons (Fsp3) is 0.431. The number of anilines is 1. The second kappa shape index (κ2) is 18.1. The van der Waals surface area contributed by atoms with Crippen molar-refractivity contribution in [3.05, 3.63) is 125 Å². The quantitative estimate of drug-likeness (QED) is 0.148. The molecule has 2 saturated heterocycles. The minimum Gasteiger partial charge on any atom is -0.508 e. The Kier molecular flexibility index (Phi) is 13.0. The van der Waals surface area contributed by atoms with Crippen LogP contribution < -0.4 is 4.90 Å². The SMILES string of the molecule is CC(C)(C)OC(=O)N(C(=O)OC(C)(C)C)c1nn(C(=O)OC(C)(C)C)c2ccc(CN3C(=O)N(Cc4ccc(O)cc4)C(c4ccccc4)[C@@H]4OC(C)(C)O[C@H]4[C@H]3Cc3ccccc3)cc12. The van der Waals surface area contributed by atoms with Crippen molar-refractivity contribution in [1.29, 1.82) is 0 Å². The number of amides is 4. The predicted molar refractivity (Wildman–Crippen MR) is 248 cm³/mol. The van der Waals surface area contributed by atoms with E-state index >= 15 is 4.79 Å². The van der Waals surface area contributed by atoms with Gasteiger partial charge in [-0.2, -0.15) is 9.58 Å². The minimum atomic E-state index is -1.08. The van der Waals surface area contributed by atoms with Gasteiger partial charge in [0.15, 0.2) is 11.6 Å². The van der Waals surface area contributed by atoms with Gasteiger partial charge in [0.05, 0.1) is 17.6 Å². The smallest absolute Gasteiger partial charge is 0.435 e. The standard InChI is InChI=1S/C51H61N5O10/c1-48(2,3)64-45(59)55(46(60)65-49(4,5)6)43-37-28-34(24-27-38(37)56(52-43)47(61)66-50(7,8)9)31-53-39(29-32-18-14-12-15-19-32)41-42(63-51(10,11)62-41)40(35-20-16-13-17-21-35)54(44(53)58)30-33-22-25-36(57)26-23-33/h12-28,39-42,57H,29-31H2,1-11H3/t39-,40?,41+,42+/m1/s1. The van der Waals surface area contributed by atoms with Crippen LogP contribution in [-0.2, 0) is 43.2 Å². The van der Waals surface area contributed by atoms with Gasteiger partial charge in [-0.15, -0.1) is 5.10 Å². The highest BCUT2D eigenvalue weighted by atomic mass is 16.8. The molecule has 15 nitrogen and oxygen atoms in total. The van der Waals surface area contributed by atoms with E-state index in [2.05, 4.69) is 5.10 Å². The monoisotopic (exact) mass is 903 g/mol. The van der Waals surface area contributed by atoms with Gasteiger partial charge in [0.1, 0.15) is 34.8 Å². The first-order valence-corrected chi connectivity index (χ1v) is 22.2. The maximum absolute atomic E-state index is 15.8. The molecule has 66 heavy (non-hydrogen) atoms. The van der Waals surface area contributed by atoms with Crippen LogP contribution in [0, 0.1) is 0 Å². The van der Waals surface area contributed by atoms with Crippen LogP contribution in [0.4, 0.5) is 25.0 Å². The fourth-order valence-corrected chi connectivity index (χ4v) is 8.31. The zero-order valence-corrected chi connectivity index (χ0v) is 39.6. The molecular formula is C51H61N5O10. The Labute approximate surface area is 386 Å². The van der Waals surface area contributed by atoms with Gasteiger partial charge in [-0.05, 0) is 129 Å². The molecule has 0 bridgehead atoms. The minimum absolute atomic E-state index is 0.00278. The Morgan fingerprint density at radius 1 is 0.682 bits per heavy atom. The molecule has 2 aliphatic heterocycles. The number of fused-ring (bicyclic) bond motifs is 2. The number of phenolic OH excluding ortho intramolecular Hbond substituents is 1. The van der Waals surface area contributed by atoms with Gasteiger partial charge >= 0.3 is 24.3 Å². The molecule has 0 radical (unpaired) electrons. The number of hydrogen-bond acceptors (Lipinski definition) is 11. The highest BCUT2D eigenvalue weighted by molar-refractivity contribution is 6.14. The number of carbonyl (C=O) groups is 4. The highest BCUT2D eigenvalue weighted by Gasteiger charge is 2.56. The van der Waals surface area contributed by atoms with Crippen LogP contribution in [0.1, 0.15) is 104 Å². The van der Waals surface area contributed by atoms with Crippen molar-refractivity contribution in [3.8, 4) is 5.75 Å². The summed E-state index contributed by atoms with van der Waals surface area (Å²) in [6.45, 7) is 19.0. The summed E-state index contributed by atoms with van der Waals surface area (Å²) in [5.41, 5.74) is 0.408. The molecule has 4 aromatic carbocycles. The molecule has 7 rings (SSSR count). The summed E-state index contributed by atoms with van der Waals surface area (Å²) >= 11 is 0.